The van der Waals surface area contributed by atoms with Crippen molar-refractivity contribution in [2.75, 3.05) is 63.8 Å². The van der Waals surface area contributed by atoms with Crippen LogP contribution in [0.4, 0.5) is 17.2 Å². The van der Waals surface area contributed by atoms with E-state index >= 15 is 0 Å². The second kappa shape index (κ2) is 9.63. The second-order valence-electron chi connectivity index (χ2n) is 9.00. The molecule has 0 saturated carbocycles. The van der Waals surface area contributed by atoms with Crippen molar-refractivity contribution >= 4 is 28.8 Å². The molecule has 0 amide bonds. The molecule has 1 N–H and O–H groups in total. The van der Waals surface area contributed by atoms with Crippen molar-refractivity contribution in [1.82, 2.24) is 15.1 Å². The van der Waals surface area contributed by atoms with Gasteiger partial charge in [0, 0.05) is 37.9 Å². The normalized spacial score (nSPS) is 22.2. The van der Waals surface area contributed by atoms with Gasteiger partial charge in [-0.05, 0) is 30.7 Å². The first-order valence-corrected chi connectivity index (χ1v) is 12.2. The predicted molar refractivity (Wildman–Crippen MR) is 134 cm³/mol. The molecule has 0 spiro atoms. The van der Waals surface area contributed by atoms with E-state index in [2.05, 4.69) is 43.2 Å². The molecule has 33 heavy (non-hydrogen) atoms. The monoisotopic (exact) mass is 464 g/mol. The van der Waals surface area contributed by atoms with Gasteiger partial charge >= 0.3 is 0 Å². The molecule has 0 radical (unpaired) electrons. The van der Waals surface area contributed by atoms with Crippen molar-refractivity contribution in [3.05, 3.63) is 59.6 Å². The molecule has 6 rings (SSSR count). The van der Waals surface area contributed by atoms with Crippen LogP contribution in [0.2, 0.25) is 5.02 Å². The summed E-state index contributed by atoms with van der Waals surface area (Å²) in [7, 11) is 0. The van der Waals surface area contributed by atoms with E-state index < -0.39 is 0 Å². The number of rotatable bonds is 8. The van der Waals surface area contributed by atoms with E-state index in [0.29, 0.717) is 16.5 Å². The molecule has 3 aliphatic heterocycles. The standard InChI is InChI=1S/C25H31ClN7/c1-2-32(13-17-33-14-10-31(11-15-33)12-16-33)21-8-9-23(22(26)18-21)27-29-25-19-24(28-30-25)20-6-4-3-5-7-20/h3-9,18-19H,2,10-17H2,1H3,(H,28,30)/q+1/b29-27+. The van der Waals surface area contributed by atoms with Crippen LogP contribution in [0.1, 0.15) is 6.92 Å². The molecule has 2 aromatic carbocycles. The number of H-pyrrole nitrogens is 1. The third-order valence-corrected chi connectivity index (χ3v) is 7.41. The zero-order chi connectivity index (χ0) is 22.7. The first-order chi connectivity index (χ1) is 16.1. The van der Waals surface area contributed by atoms with Gasteiger partial charge in [0.15, 0.2) is 5.82 Å². The summed E-state index contributed by atoms with van der Waals surface area (Å²) in [5.74, 6) is 0.528. The number of nitrogens with zero attached hydrogens (tertiary/aromatic N) is 6. The molecule has 2 bridgehead atoms. The Morgan fingerprint density at radius 3 is 2.48 bits per heavy atom. The van der Waals surface area contributed by atoms with E-state index in [4.69, 9.17) is 11.6 Å². The van der Waals surface area contributed by atoms with Crippen LogP contribution >= 0.6 is 11.6 Å². The highest BCUT2D eigenvalue weighted by atomic mass is 35.5. The maximum atomic E-state index is 6.59. The van der Waals surface area contributed by atoms with Crippen LogP contribution in [0.25, 0.3) is 11.3 Å². The van der Waals surface area contributed by atoms with Gasteiger partial charge in [-0.15, -0.1) is 10.2 Å². The Kier molecular flexibility index (Phi) is 6.44. The summed E-state index contributed by atoms with van der Waals surface area (Å²) in [6.45, 7) is 13.0. The molecular formula is C25H31ClN7+. The average Bonchev–Trinajstić information content (AvgIpc) is 3.35. The summed E-state index contributed by atoms with van der Waals surface area (Å²) in [6.07, 6.45) is 0. The number of aromatic nitrogens is 2. The fourth-order valence-corrected chi connectivity index (χ4v) is 5.09. The molecule has 0 atom stereocenters. The van der Waals surface area contributed by atoms with Crippen molar-refractivity contribution in [3.63, 3.8) is 0 Å². The van der Waals surface area contributed by atoms with E-state index in [-0.39, 0.29) is 0 Å². The third kappa shape index (κ3) is 4.95. The molecule has 0 unspecified atom stereocenters. The van der Waals surface area contributed by atoms with Crippen LogP contribution in [0.15, 0.2) is 64.8 Å². The number of anilines is 1. The van der Waals surface area contributed by atoms with Crippen LogP contribution in [0.5, 0.6) is 0 Å². The Morgan fingerprint density at radius 2 is 1.79 bits per heavy atom. The van der Waals surface area contributed by atoms with E-state index in [1.54, 1.807) is 0 Å². The molecule has 4 heterocycles. The van der Waals surface area contributed by atoms with Crippen molar-refractivity contribution in [3.8, 4) is 11.3 Å². The number of hydrogen-bond acceptors (Lipinski definition) is 5. The SMILES string of the molecule is CCN(CC[N+]12CCN(CC1)CC2)c1ccc(/N=N/c2cc(-c3ccccc3)[nH]n2)c(Cl)c1. The topological polar surface area (TPSA) is 59.9 Å². The van der Waals surface area contributed by atoms with Gasteiger partial charge < -0.3 is 9.38 Å². The van der Waals surface area contributed by atoms with Gasteiger partial charge in [-0.25, -0.2) is 0 Å². The Morgan fingerprint density at radius 1 is 1.03 bits per heavy atom. The number of fused-ring (bicyclic) bond motifs is 3. The first kappa shape index (κ1) is 22.1. The van der Waals surface area contributed by atoms with Crippen LogP contribution < -0.4 is 4.90 Å². The van der Waals surface area contributed by atoms with Crippen molar-refractivity contribution < 1.29 is 4.48 Å². The van der Waals surface area contributed by atoms with E-state index in [0.717, 1.165) is 30.0 Å². The lowest BCUT2D eigenvalue weighted by Crippen LogP contribution is -2.68. The Labute approximate surface area is 200 Å². The minimum absolute atomic E-state index is 0.528. The van der Waals surface area contributed by atoms with Gasteiger partial charge in [-0.1, -0.05) is 41.9 Å². The Bertz CT molecular complexity index is 1090. The average molecular weight is 465 g/mol. The fraction of sp³-hybridized carbons (Fsp3) is 0.400. The smallest absolute Gasteiger partial charge is 0.196 e. The third-order valence-electron chi connectivity index (χ3n) is 7.10. The lowest BCUT2D eigenvalue weighted by atomic mass is 10.1. The van der Waals surface area contributed by atoms with Crippen LogP contribution in [-0.2, 0) is 0 Å². The number of halogens is 1. The van der Waals surface area contributed by atoms with Gasteiger partial charge in [0.25, 0.3) is 0 Å². The van der Waals surface area contributed by atoms with Gasteiger partial charge in [0.05, 0.1) is 43.4 Å². The second-order valence-corrected chi connectivity index (χ2v) is 9.41. The maximum Gasteiger partial charge on any atom is 0.196 e. The molecule has 0 aliphatic carbocycles. The molecule has 3 aliphatic rings. The van der Waals surface area contributed by atoms with Crippen LogP contribution in [0.3, 0.4) is 0 Å². The highest BCUT2D eigenvalue weighted by Crippen LogP contribution is 2.31. The van der Waals surface area contributed by atoms with Crippen LogP contribution in [-0.4, -0.2) is 78.5 Å². The summed E-state index contributed by atoms with van der Waals surface area (Å²) < 4.78 is 1.27. The number of azo groups is 1. The quantitative estimate of drug-likeness (QED) is 0.372. The highest BCUT2D eigenvalue weighted by Gasteiger charge is 2.38. The molecule has 3 fully saturated rings. The summed E-state index contributed by atoms with van der Waals surface area (Å²) in [6, 6.07) is 18.0. The highest BCUT2D eigenvalue weighted by molar-refractivity contribution is 6.33. The summed E-state index contributed by atoms with van der Waals surface area (Å²) in [5.41, 5.74) is 3.76. The zero-order valence-corrected chi connectivity index (χ0v) is 19.9. The largest absolute Gasteiger partial charge is 0.366 e. The molecule has 1 aromatic heterocycles. The fourth-order valence-electron chi connectivity index (χ4n) is 4.88. The lowest BCUT2D eigenvalue weighted by Gasteiger charge is -2.51. The maximum absolute atomic E-state index is 6.59. The van der Waals surface area contributed by atoms with Crippen LogP contribution in [0, 0.1) is 0 Å². The number of benzene rings is 2. The molecular weight excluding hydrogens is 434 g/mol. The number of nitrogens with one attached hydrogen (secondary N) is 1. The summed E-state index contributed by atoms with van der Waals surface area (Å²) >= 11 is 6.59. The van der Waals surface area contributed by atoms with Gasteiger partial charge in [-0.2, -0.15) is 5.10 Å². The van der Waals surface area contributed by atoms with Crippen molar-refractivity contribution in [2.45, 2.75) is 6.92 Å². The number of aromatic amines is 1. The Hall–Kier alpha value is -2.74. The lowest BCUT2D eigenvalue weighted by molar-refractivity contribution is -0.939. The minimum Gasteiger partial charge on any atom is -0.366 e. The summed E-state index contributed by atoms with van der Waals surface area (Å²) in [4.78, 5) is 5.01. The van der Waals surface area contributed by atoms with Gasteiger partial charge in [0.2, 0.25) is 0 Å². The molecule has 3 saturated heterocycles. The summed E-state index contributed by atoms with van der Waals surface area (Å²) in [5, 5.41) is 16.5. The van der Waals surface area contributed by atoms with E-state index in [1.165, 1.54) is 50.3 Å². The molecule has 172 valence electrons. The minimum atomic E-state index is 0.528. The number of hydrogen-bond donors (Lipinski definition) is 1. The number of quaternary nitrogens is 1. The van der Waals surface area contributed by atoms with Gasteiger partial charge in [0.1, 0.15) is 5.69 Å². The zero-order valence-electron chi connectivity index (χ0n) is 19.1. The Balaban J connectivity index is 1.24. The first-order valence-electron chi connectivity index (χ1n) is 11.8. The van der Waals surface area contributed by atoms with E-state index in [9.17, 15) is 0 Å². The molecule has 3 aromatic rings. The molecule has 7 nitrogen and oxygen atoms in total. The molecule has 8 heteroatoms. The predicted octanol–water partition coefficient (Wildman–Crippen LogP) is 5.12. The number of piperazine rings is 3. The van der Waals surface area contributed by atoms with Crippen molar-refractivity contribution in [1.29, 1.82) is 0 Å². The van der Waals surface area contributed by atoms with E-state index in [1.807, 2.05) is 48.5 Å². The van der Waals surface area contributed by atoms with Gasteiger partial charge in [-0.3, -0.25) is 10.00 Å². The van der Waals surface area contributed by atoms with Crippen molar-refractivity contribution in [2.24, 2.45) is 10.2 Å². The number of likely N-dealkylation sites (N-methyl/N-ethyl adjacent to an activating group) is 1.